The molecule has 0 unspecified atom stereocenters. The molecule has 0 aromatic carbocycles. The van der Waals surface area contributed by atoms with Crippen molar-refractivity contribution in [2.45, 2.75) is 31.7 Å². The average Bonchev–Trinajstić information content (AvgIpc) is 3.03. The number of rotatable bonds is 4. The Balaban J connectivity index is 2.54. The normalized spacial score (nSPS) is 15.5. The minimum atomic E-state index is 0.0523. The van der Waals surface area contributed by atoms with E-state index in [1.165, 1.54) is 12.8 Å². The summed E-state index contributed by atoms with van der Waals surface area (Å²) in [5, 5.41) is 3.23. The maximum atomic E-state index is 12.4. The highest BCUT2D eigenvalue weighted by Gasteiger charge is 2.26. The van der Waals surface area contributed by atoms with E-state index >= 15 is 0 Å². The quantitative estimate of drug-likeness (QED) is 0.904. The van der Waals surface area contributed by atoms with Crippen LogP contribution in [0.4, 0.5) is 5.82 Å². The van der Waals surface area contributed by atoms with Crippen LogP contribution < -0.4 is 5.32 Å². The van der Waals surface area contributed by atoms with Crippen molar-refractivity contribution in [3.8, 4) is 0 Å². The third kappa shape index (κ3) is 2.39. The summed E-state index contributed by atoms with van der Waals surface area (Å²) in [7, 11) is 5.49. The first-order valence-electron chi connectivity index (χ1n) is 6.87. The molecule has 0 aliphatic heterocycles. The Labute approximate surface area is 115 Å². The molecule has 1 aromatic heterocycles. The molecule has 1 amide bonds. The van der Waals surface area contributed by atoms with Crippen LogP contribution in [0.3, 0.4) is 0 Å². The summed E-state index contributed by atoms with van der Waals surface area (Å²) in [4.78, 5) is 14.0. The van der Waals surface area contributed by atoms with Gasteiger partial charge < -0.3 is 14.8 Å². The Morgan fingerprint density at radius 1 is 1.47 bits per heavy atom. The molecular formula is C15H23N3O. The maximum Gasteiger partial charge on any atom is 0.270 e. The number of nitrogens with zero attached hydrogens (tertiary/aromatic N) is 2. The second-order valence-electron chi connectivity index (χ2n) is 5.30. The first-order valence-corrected chi connectivity index (χ1v) is 6.87. The lowest BCUT2D eigenvalue weighted by atomic mass is 10.2. The molecule has 104 valence electrons. The molecule has 0 bridgehead atoms. The third-order valence-electron chi connectivity index (χ3n) is 3.84. The van der Waals surface area contributed by atoms with Crippen LogP contribution in [-0.4, -0.2) is 36.5 Å². The molecule has 2 rings (SSSR count). The zero-order valence-corrected chi connectivity index (χ0v) is 12.1. The van der Waals surface area contributed by atoms with Crippen LogP contribution in [0.25, 0.3) is 6.08 Å². The van der Waals surface area contributed by atoms with Gasteiger partial charge in [0.1, 0.15) is 11.5 Å². The number of carbonyl (C=O) groups excluding carboxylic acids is 1. The van der Waals surface area contributed by atoms with E-state index < -0.39 is 0 Å². The lowest BCUT2D eigenvalue weighted by Crippen LogP contribution is -2.26. The Bertz CT molecular complexity index is 482. The molecule has 1 saturated carbocycles. The molecule has 0 saturated heterocycles. The number of aromatic nitrogens is 1. The molecule has 4 heteroatoms. The van der Waals surface area contributed by atoms with Gasteiger partial charge in [0, 0.05) is 32.7 Å². The number of hydrogen-bond donors (Lipinski definition) is 1. The van der Waals surface area contributed by atoms with Gasteiger partial charge >= 0.3 is 0 Å². The van der Waals surface area contributed by atoms with Gasteiger partial charge in [-0.3, -0.25) is 4.79 Å². The Morgan fingerprint density at radius 2 is 2.11 bits per heavy atom. The lowest BCUT2D eigenvalue weighted by molar-refractivity contribution is 0.0815. The fourth-order valence-corrected chi connectivity index (χ4v) is 2.90. The Hall–Kier alpha value is -1.71. The number of amides is 1. The highest BCUT2D eigenvalue weighted by Crippen LogP contribution is 2.36. The molecule has 0 radical (unpaired) electrons. The fourth-order valence-electron chi connectivity index (χ4n) is 2.90. The van der Waals surface area contributed by atoms with Crippen molar-refractivity contribution >= 4 is 17.8 Å². The van der Waals surface area contributed by atoms with Crippen LogP contribution >= 0.6 is 0 Å². The third-order valence-corrected chi connectivity index (χ3v) is 3.84. The maximum absolute atomic E-state index is 12.4. The van der Waals surface area contributed by atoms with Gasteiger partial charge in [0.25, 0.3) is 5.91 Å². The van der Waals surface area contributed by atoms with Gasteiger partial charge in [-0.2, -0.15) is 0 Å². The molecule has 1 N–H and O–H groups in total. The van der Waals surface area contributed by atoms with Crippen molar-refractivity contribution in [3.05, 3.63) is 23.9 Å². The molecule has 0 atom stereocenters. The zero-order valence-electron chi connectivity index (χ0n) is 12.1. The predicted octanol–water partition coefficient (Wildman–Crippen LogP) is 2.99. The van der Waals surface area contributed by atoms with Crippen molar-refractivity contribution in [2.24, 2.45) is 0 Å². The number of anilines is 1. The summed E-state index contributed by atoms with van der Waals surface area (Å²) >= 11 is 0. The molecule has 1 heterocycles. The first kappa shape index (κ1) is 13.7. The van der Waals surface area contributed by atoms with Gasteiger partial charge in [-0.15, -0.1) is 0 Å². The molecule has 4 nitrogen and oxygen atoms in total. The monoisotopic (exact) mass is 261 g/mol. The second kappa shape index (κ2) is 5.51. The van der Waals surface area contributed by atoms with Crippen LogP contribution in [0.1, 0.15) is 47.8 Å². The molecular weight excluding hydrogens is 238 g/mol. The van der Waals surface area contributed by atoms with Crippen molar-refractivity contribution < 1.29 is 4.79 Å². The molecule has 1 aromatic rings. The number of nitrogens with one attached hydrogen (secondary N) is 1. The SMILES string of the molecule is C=Cc1cc(C(=O)N(C)C)n(C2CCCC2)c1NC. The first-order chi connectivity index (χ1) is 9.10. The van der Waals surface area contributed by atoms with Crippen LogP contribution in [-0.2, 0) is 0 Å². The van der Waals surface area contributed by atoms with E-state index in [0.29, 0.717) is 6.04 Å². The van der Waals surface area contributed by atoms with E-state index in [9.17, 15) is 4.79 Å². The minimum Gasteiger partial charge on any atom is -0.374 e. The van der Waals surface area contributed by atoms with Crippen LogP contribution in [0.5, 0.6) is 0 Å². The van der Waals surface area contributed by atoms with Gasteiger partial charge in [-0.25, -0.2) is 0 Å². The van der Waals surface area contributed by atoms with Crippen LogP contribution in [0, 0.1) is 0 Å². The highest BCUT2D eigenvalue weighted by molar-refractivity contribution is 5.94. The summed E-state index contributed by atoms with van der Waals surface area (Å²) in [6.45, 7) is 3.85. The standard InChI is InChI=1S/C15H23N3O/c1-5-11-10-13(15(19)17(3)4)18(14(11)16-2)12-8-6-7-9-12/h5,10,12,16H,1,6-9H2,2-4H3. The van der Waals surface area contributed by atoms with Gasteiger partial charge in [0.2, 0.25) is 0 Å². The smallest absolute Gasteiger partial charge is 0.270 e. The highest BCUT2D eigenvalue weighted by atomic mass is 16.2. The van der Waals surface area contributed by atoms with Gasteiger partial charge in [-0.1, -0.05) is 25.5 Å². The summed E-state index contributed by atoms with van der Waals surface area (Å²) in [5.74, 6) is 1.06. The average molecular weight is 261 g/mol. The van der Waals surface area contributed by atoms with Crippen LogP contribution in [0.2, 0.25) is 0 Å². The second-order valence-corrected chi connectivity index (χ2v) is 5.30. The Kier molecular flexibility index (Phi) is 3.98. The number of hydrogen-bond acceptors (Lipinski definition) is 2. The Morgan fingerprint density at radius 3 is 2.58 bits per heavy atom. The van der Waals surface area contributed by atoms with Crippen molar-refractivity contribution in [2.75, 3.05) is 26.5 Å². The van der Waals surface area contributed by atoms with E-state index in [1.54, 1.807) is 19.0 Å². The van der Waals surface area contributed by atoms with Crippen molar-refractivity contribution in [1.29, 1.82) is 0 Å². The van der Waals surface area contributed by atoms with E-state index in [2.05, 4.69) is 16.5 Å². The fraction of sp³-hybridized carbons (Fsp3) is 0.533. The summed E-state index contributed by atoms with van der Waals surface area (Å²) in [6, 6.07) is 2.37. The predicted molar refractivity (Wildman–Crippen MR) is 79.6 cm³/mol. The van der Waals surface area contributed by atoms with Gasteiger partial charge in [0.15, 0.2) is 0 Å². The van der Waals surface area contributed by atoms with Crippen molar-refractivity contribution in [3.63, 3.8) is 0 Å². The van der Waals surface area contributed by atoms with Crippen LogP contribution in [0.15, 0.2) is 12.6 Å². The summed E-state index contributed by atoms with van der Waals surface area (Å²) < 4.78 is 2.17. The van der Waals surface area contributed by atoms with E-state index in [0.717, 1.165) is 29.9 Å². The lowest BCUT2D eigenvalue weighted by Gasteiger charge is -2.21. The molecule has 19 heavy (non-hydrogen) atoms. The van der Waals surface area contributed by atoms with Gasteiger partial charge in [0.05, 0.1) is 0 Å². The summed E-state index contributed by atoms with van der Waals surface area (Å²) in [6.07, 6.45) is 6.58. The topological polar surface area (TPSA) is 37.3 Å². The minimum absolute atomic E-state index is 0.0523. The van der Waals surface area contributed by atoms with E-state index in [-0.39, 0.29) is 5.91 Å². The van der Waals surface area contributed by atoms with Crippen molar-refractivity contribution in [1.82, 2.24) is 9.47 Å². The summed E-state index contributed by atoms with van der Waals surface area (Å²) in [5.41, 5.74) is 1.76. The molecule has 1 aliphatic rings. The largest absolute Gasteiger partial charge is 0.374 e. The molecule has 1 fully saturated rings. The van der Waals surface area contributed by atoms with E-state index in [4.69, 9.17) is 0 Å². The molecule has 0 spiro atoms. The molecule has 1 aliphatic carbocycles. The number of carbonyl (C=O) groups is 1. The zero-order chi connectivity index (χ0) is 14.0. The van der Waals surface area contributed by atoms with E-state index in [1.807, 2.05) is 19.2 Å². The van der Waals surface area contributed by atoms with Gasteiger partial charge in [-0.05, 0) is 18.9 Å².